The Kier molecular flexibility index (Phi) is 8.28. The van der Waals surface area contributed by atoms with E-state index in [4.69, 9.17) is 13.6 Å². The SMILES string of the molecule is O=P(OC12CC=C(c3ccc1cc3)c1ccc3cc4ccccc4cc3c12)(OC12CC=C(c3ccc1cc3)c1ccc3cc4ccccc4cc3c12)OC12CC=C(c3ccc1cc3)c1ccc3cc4ccccc4cc3c12. The predicted molar refractivity (Wildman–Crippen MR) is 312 cm³/mol. The monoisotopic (exact) mass is 1000 g/mol. The highest BCUT2D eigenvalue weighted by Gasteiger charge is 2.58. The van der Waals surface area contributed by atoms with Gasteiger partial charge in [-0.1, -0.05) is 200 Å². The van der Waals surface area contributed by atoms with Crippen molar-refractivity contribution in [2.45, 2.75) is 36.1 Å². The van der Waals surface area contributed by atoms with Crippen LogP contribution in [0.25, 0.3) is 81.4 Å². The summed E-state index contributed by atoms with van der Waals surface area (Å²) in [5, 5.41) is 13.2. The molecular formula is C72H45O4P. The van der Waals surface area contributed by atoms with Crippen molar-refractivity contribution in [2.24, 2.45) is 0 Å². The van der Waals surface area contributed by atoms with Gasteiger partial charge in [0.25, 0.3) is 0 Å². The molecule has 15 aliphatic carbocycles. The zero-order valence-electron chi connectivity index (χ0n) is 41.7. The van der Waals surface area contributed by atoms with Crippen molar-refractivity contribution in [2.75, 3.05) is 0 Å². The molecule has 0 saturated carbocycles. The molecule has 3 unspecified atom stereocenters. The van der Waals surface area contributed by atoms with Crippen molar-refractivity contribution in [1.29, 1.82) is 0 Å². The molecular weight excluding hydrogens is 960 g/mol. The van der Waals surface area contributed by atoms with Gasteiger partial charge >= 0.3 is 7.82 Å². The minimum atomic E-state index is -5.02. The summed E-state index contributed by atoms with van der Waals surface area (Å²) in [7, 11) is -5.02. The van der Waals surface area contributed by atoms with Gasteiger partial charge < -0.3 is 0 Å². The third-order valence-corrected chi connectivity index (χ3v) is 19.9. The van der Waals surface area contributed by atoms with E-state index in [9.17, 15) is 0 Å². The zero-order valence-corrected chi connectivity index (χ0v) is 42.6. The Morgan fingerprint density at radius 1 is 0.299 bits per heavy atom. The van der Waals surface area contributed by atoms with Crippen LogP contribution in [0.3, 0.4) is 0 Å². The fourth-order valence-corrected chi connectivity index (χ4v) is 16.9. The predicted octanol–water partition coefficient (Wildman–Crippen LogP) is 18.3. The Bertz CT molecular complexity index is 4350. The highest BCUT2D eigenvalue weighted by atomic mass is 31.2. The number of hydrogen-bond acceptors (Lipinski definition) is 4. The van der Waals surface area contributed by atoms with Crippen LogP contribution in [-0.2, 0) is 34.9 Å². The third kappa shape index (κ3) is 5.70. The minimum Gasteiger partial charge on any atom is -0.270 e. The lowest BCUT2D eigenvalue weighted by Crippen LogP contribution is -2.41. The molecule has 0 amide bonds. The second-order valence-corrected chi connectivity index (χ2v) is 23.6. The van der Waals surface area contributed by atoms with Gasteiger partial charge in [0.2, 0.25) is 0 Å². The molecule has 0 spiro atoms. The number of fused-ring (bicyclic) bond motifs is 6. The maximum absolute atomic E-state index is 18.5. The second kappa shape index (κ2) is 14.9. The molecule has 12 aromatic rings. The van der Waals surface area contributed by atoms with E-state index in [0.29, 0.717) is 19.3 Å². The molecule has 0 aliphatic heterocycles. The van der Waals surface area contributed by atoms with Crippen molar-refractivity contribution in [3.05, 3.63) is 303 Å². The maximum Gasteiger partial charge on any atom is 0.478 e. The Morgan fingerprint density at radius 2 is 0.571 bits per heavy atom. The Labute approximate surface area is 444 Å². The molecule has 0 aromatic heterocycles. The summed E-state index contributed by atoms with van der Waals surface area (Å²) >= 11 is 0. The van der Waals surface area contributed by atoms with Crippen LogP contribution in [0.15, 0.2) is 237 Å². The van der Waals surface area contributed by atoms with Crippen LogP contribution in [0.4, 0.5) is 0 Å². The number of rotatable bonds is 6. The first-order valence-corrected chi connectivity index (χ1v) is 28.3. The van der Waals surface area contributed by atoms with E-state index in [1.54, 1.807) is 0 Å². The van der Waals surface area contributed by atoms with Gasteiger partial charge in [-0.2, -0.15) is 0 Å². The van der Waals surface area contributed by atoms with Crippen molar-refractivity contribution >= 4 is 89.2 Å². The molecule has 4 nitrogen and oxygen atoms in total. The largest absolute Gasteiger partial charge is 0.478 e. The Morgan fingerprint density at radius 3 is 0.857 bits per heavy atom. The molecule has 3 atom stereocenters. The average molecular weight is 1010 g/mol. The standard InChI is InChI=1S/C72H45O4P/c73-77(74-70-34-31-58(43-13-22-55(70)23-14-43)61-28-19-52-37-46-7-1-4-10-49(46)40-64(52)67(61)70,75-71-35-32-59(44-15-24-56(71)25-16-44)62-29-20-53-38-47-8-2-5-11-50(47)41-65(53)68(62)71)76-72-36-33-60(45-17-26-57(72)27-18-45)63-30-21-54-39-48-9-3-6-12-51(48)42-66(54)69(63)72/h1-33,37-42H,34-36H2. The van der Waals surface area contributed by atoms with E-state index < -0.39 is 24.6 Å². The van der Waals surface area contributed by atoms with Crippen LogP contribution in [0.5, 0.6) is 0 Å². The molecule has 0 radical (unpaired) electrons. The smallest absolute Gasteiger partial charge is 0.270 e. The summed E-state index contributed by atoms with van der Waals surface area (Å²) in [6.07, 6.45) is 8.07. The molecule has 27 rings (SSSR count). The van der Waals surface area contributed by atoms with E-state index in [1.165, 1.54) is 0 Å². The van der Waals surface area contributed by atoms with E-state index in [2.05, 4.69) is 237 Å². The van der Waals surface area contributed by atoms with Crippen LogP contribution in [0, 0.1) is 0 Å². The van der Waals surface area contributed by atoms with E-state index >= 15 is 4.57 Å². The summed E-state index contributed by atoms with van der Waals surface area (Å²) in [6.45, 7) is 0. The number of benzene rings is 12. The molecule has 0 heterocycles. The summed E-state index contributed by atoms with van der Waals surface area (Å²) in [5.74, 6) is 0. The fraction of sp³-hybridized carbons (Fsp3) is 0.0833. The zero-order chi connectivity index (χ0) is 50.4. The van der Waals surface area contributed by atoms with Gasteiger partial charge in [-0.15, -0.1) is 0 Å². The van der Waals surface area contributed by atoms with E-state index in [0.717, 1.165) is 148 Å². The molecule has 0 fully saturated rings. The lowest BCUT2D eigenvalue weighted by molar-refractivity contribution is -0.0415. The number of phosphoric ester groups is 1. The van der Waals surface area contributed by atoms with Crippen molar-refractivity contribution in [3.8, 4) is 0 Å². The first-order chi connectivity index (χ1) is 37.8. The summed E-state index contributed by atoms with van der Waals surface area (Å²) in [6, 6.07) is 78.9. The quantitative estimate of drug-likeness (QED) is 0.123. The lowest BCUT2D eigenvalue weighted by Gasteiger charge is -2.49. The molecule has 0 saturated heterocycles. The van der Waals surface area contributed by atoms with Crippen molar-refractivity contribution in [1.82, 2.24) is 0 Å². The number of phosphoric acid groups is 1. The second-order valence-electron chi connectivity index (χ2n) is 22.1. The van der Waals surface area contributed by atoms with Crippen LogP contribution < -0.4 is 0 Å². The first kappa shape index (κ1) is 42.7. The molecule has 0 N–H and O–H groups in total. The average Bonchev–Trinajstić information content (AvgIpc) is 3.54. The van der Waals surface area contributed by atoms with Gasteiger partial charge in [-0.05, 0) is 168 Å². The minimum absolute atomic E-state index is 0.403. The van der Waals surface area contributed by atoms with Crippen LogP contribution in [0.1, 0.15) is 86.0 Å². The van der Waals surface area contributed by atoms with Crippen molar-refractivity contribution in [3.63, 3.8) is 0 Å². The molecule has 5 heteroatoms. The summed E-state index contributed by atoms with van der Waals surface area (Å²) in [5.41, 5.74) is 11.5. The van der Waals surface area contributed by atoms with E-state index in [1.807, 2.05) is 0 Å². The fourth-order valence-electron chi connectivity index (χ4n) is 14.8. The van der Waals surface area contributed by atoms with Gasteiger partial charge in [0, 0.05) is 36.0 Å². The molecule has 15 aliphatic rings. The first-order valence-electron chi connectivity index (χ1n) is 26.9. The van der Waals surface area contributed by atoms with Crippen molar-refractivity contribution < 1.29 is 18.1 Å². The summed E-state index contributed by atoms with van der Waals surface area (Å²) < 4.78 is 43.0. The topological polar surface area (TPSA) is 44.8 Å². The number of hydrogen-bond donors (Lipinski definition) is 0. The third-order valence-electron chi connectivity index (χ3n) is 18.3. The van der Waals surface area contributed by atoms with Crippen LogP contribution in [0.2, 0.25) is 0 Å². The molecule has 77 heavy (non-hydrogen) atoms. The molecule has 12 bridgehead atoms. The summed E-state index contributed by atoms with van der Waals surface area (Å²) in [4.78, 5) is 0. The molecule has 12 aromatic carbocycles. The van der Waals surface area contributed by atoms with Gasteiger partial charge in [0.05, 0.1) is 0 Å². The van der Waals surface area contributed by atoms with Crippen LogP contribution in [-0.4, -0.2) is 0 Å². The van der Waals surface area contributed by atoms with Gasteiger partial charge in [-0.3, -0.25) is 13.6 Å². The van der Waals surface area contributed by atoms with Crippen LogP contribution >= 0.6 is 7.82 Å². The molecule has 362 valence electrons. The maximum atomic E-state index is 18.5. The van der Waals surface area contributed by atoms with Gasteiger partial charge in [0.1, 0.15) is 16.8 Å². The Balaban J connectivity index is 0.947. The highest BCUT2D eigenvalue weighted by molar-refractivity contribution is 7.48. The lowest BCUT2D eigenvalue weighted by atomic mass is 9.70. The highest BCUT2D eigenvalue weighted by Crippen LogP contribution is 2.71. The van der Waals surface area contributed by atoms with E-state index in [-0.39, 0.29) is 0 Å². The van der Waals surface area contributed by atoms with Gasteiger partial charge in [-0.25, -0.2) is 4.57 Å². The Hall–Kier alpha value is -8.47. The van der Waals surface area contributed by atoms with Gasteiger partial charge in [0.15, 0.2) is 0 Å². The normalized spacial score (nSPS) is 21.5.